The molecule has 4 heterocycles. The summed E-state index contributed by atoms with van der Waals surface area (Å²) in [6.45, 7) is 5.98. The molecular weight excluding hydrogens is 358 g/mol. The summed E-state index contributed by atoms with van der Waals surface area (Å²) >= 11 is 0. The molecule has 1 aromatic carbocycles. The summed E-state index contributed by atoms with van der Waals surface area (Å²) in [5.41, 5.74) is 1.79. The van der Waals surface area contributed by atoms with Gasteiger partial charge in [-0.15, -0.1) is 0 Å². The van der Waals surface area contributed by atoms with Gasteiger partial charge < -0.3 is 14.0 Å². The van der Waals surface area contributed by atoms with E-state index in [-0.39, 0.29) is 28.9 Å². The first-order valence-electron chi connectivity index (χ1n) is 9.30. The second-order valence-corrected chi connectivity index (χ2v) is 7.98. The Hall–Kier alpha value is -2.93. The Balaban J connectivity index is 1.91. The van der Waals surface area contributed by atoms with E-state index in [2.05, 4.69) is 0 Å². The molecule has 144 valence electrons. The van der Waals surface area contributed by atoms with Crippen molar-refractivity contribution >= 4 is 16.7 Å². The number of hydrogen-bond donors (Lipinski definition) is 0. The molecule has 2 atom stereocenters. The minimum Gasteiger partial charge on any atom is -0.494 e. The zero-order valence-corrected chi connectivity index (χ0v) is 16.2. The van der Waals surface area contributed by atoms with Crippen LogP contribution in [0, 0.1) is 0 Å². The van der Waals surface area contributed by atoms with Crippen LogP contribution in [0.15, 0.2) is 35.3 Å². The van der Waals surface area contributed by atoms with Crippen molar-refractivity contribution in [1.29, 1.82) is 0 Å². The zero-order chi connectivity index (χ0) is 19.8. The summed E-state index contributed by atoms with van der Waals surface area (Å²) < 4.78 is 15.6. The summed E-state index contributed by atoms with van der Waals surface area (Å²) in [5.74, 6) is 0.447. The van der Waals surface area contributed by atoms with Crippen LogP contribution >= 0.6 is 0 Å². The standard InChI is InChI=1S/C21H21N3O4/c1-11(25)13-9-23-14(8-16(13)26)19-12-6-5-7-17(27-4)18(12)22-24(19)15-10-28-21(2,3)20(15)23/h5-9,15,20H,10H2,1-4H3. The molecule has 2 aliphatic rings. The van der Waals surface area contributed by atoms with Gasteiger partial charge in [0.1, 0.15) is 11.3 Å². The number of carbonyl (C=O) groups is 1. The lowest BCUT2D eigenvalue weighted by atomic mass is 9.91. The summed E-state index contributed by atoms with van der Waals surface area (Å²) in [4.78, 5) is 24.7. The number of hydrogen-bond acceptors (Lipinski definition) is 5. The molecule has 0 saturated carbocycles. The van der Waals surface area contributed by atoms with E-state index in [9.17, 15) is 9.59 Å². The first kappa shape index (κ1) is 17.2. The van der Waals surface area contributed by atoms with E-state index in [4.69, 9.17) is 14.6 Å². The van der Waals surface area contributed by atoms with Crippen LogP contribution in [0.1, 0.15) is 43.2 Å². The third-order valence-corrected chi connectivity index (χ3v) is 5.93. The van der Waals surface area contributed by atoms with E-state index in [0.29, 0.717) is 12.4 Å². The van der Waals surface area contributed by atoms with Crippen LogP contribution in [-0.2, 0) is 4.74 Å². The number of aromatic nitrogens is 3. The highest BCUT2D eigenvalue weighted by molar-refractivity contribution is 5.97. The molecular formula is C21H21N3O4. The van der Waals surface area contributed by atoms with E-state index >= 15 is 0 Å². The fourth-order valence-corrected chi connectivity index (χ4v) is 4.66. The van der Waals surface area contributed by atoms with Crippen molar-refractivity contribution in [2.24, 2.45) is 0 Å². The van der Waals surface area contributed by atoms with Gasteiger partial charge >= 0.3 is 0 Å². The van der Waals surface area contributed by atoms with Gasteiger partial charge in [-0.1, -0.05) is 12.1 Å². The molecule has 1 fully saturated rings. The number of ether oxygens (including phenoxy) is 2. The van der Waals surface area contributed by atoms with E-state index in [1.165, 1.54) is 6.92 Å². The van der Waals surface area contributed by atoms with Crippen LogP contribution in [0.5, 0.6) is 5.75 Å². The fraction of sp³-hybridized carbons (Fsp3) is 0.381. The Kier molecular flexibility index (Phi) is 3.40. The van der Waals surface area contributed by atoms with Crippen molar-refractivity contribution in [3.8, 4) is 17.1 Å². The Bertz CT molecular complexity index is 1200. The van der Waals surface area contributed by atoms with Crippen molar-refractivity contribution in [3.05, 3.63) is 46.2 Å². The Morgan fingerprint density at radius 2 is 2.14 bits per heavy atom. The number of fused-ring (bicyclic) bond motifs is 8. The van der Waals surface area contributed by atoms with Gasteiger partial charge in [0.25, 0.3) is 0 Å². The SMILES string of the molecule is COc1cccc2c3n(nc12)C1COC(C)(C)C1n1cc(C(C)=O)c(=O)cc1-3. The summed E-state index contributed by atoms with van der Waals surface area (Å²) in [6, 6.07) is 7.18. The third-order valence-electron chi connectivity index (χ3n) is 5.93. The van der Waals surface area contributed by atoms with Crippen LogP contribution in [-0.4, -0.2) is 39.4 Å². The topological polar surface area (TPSA) is 75.3 Å². The summed E-state index contributed by atoms with van der Waals surface area (Å²) in [6.07, 6.45) is 1.69. The molecule has 2 unspecified atom stereocenters. The normalized spacial score (nSPS) is 21.9. The van der Waals surface area contributed by atoms with Crippen LogP contribution in [0.25, 0.3) is 22.3 Å². The maximum atomic E-state index is 12.7. The van der Waals surface area contributed by atoms with Crippen LogP contribution < -0.4 is 10.2 Å². The number of Topliss-reactive ketones (excluding diaryl/α,β-unsaturated/α-hetero) is 1. The van der Waals surface area contributed by atoms with Gasteiger partial charge in [-0.3, -0.25) is 14.3 Å². The fourth-order valence-electron chi connectivity index (χ4n) is 4.66. The maximum absolute atomic E-state index is 12.7. The molecule has 2 aromatic heterocycles. The number of ketones is 1. The van der Waals surface area contributed by atoms with Crippen molar-refractivity contribution in [2.75, 3.05) is 13.7 Å². The molecule has 0 radical (unpaired) electrons. The first-order chi connectivity index (χ1) is 13.3. The smallest absolute Gasteiger partial charge is 0.193 e. The quantitative estimate of drug-likeness (QED) is 0.640. The molecule has 1 saturated heterocycles. The lowest BCUT2D eigenvalue weighted by Gasteiger charge is -2.37. The second-order valence-electron chi connectivity index (χ2n) is 7.98. The average molecular weight is 379 g/mol. The van der Waals surface area contributed by atoms with Crippen molar-refractivity contribution in [1.82, 2.24) is 14.3 Å². The monoisotopic (exact) mass is 379 g/mol. The molecule has 3 aromatic rings. The van der Waals surface area contributed by atoms with Crippen molar-refractivity contribution in [2.45, 2.75) is 38.5 Å². The Morgan fingerprint density at radius 3 is 2.86 bits per heavy atom. The maximum Gasteiger partial charge on any atom is 0.193 e. The molecule has 5 rings (SSSR count). The van der Waals surface area contributed by atoms with Gasteiger partial charge in [0.2, 0.25) is 0 Å². The van der Waals surface area contributed by atoms with Gasteiger partial charge in [0.15, 0.2) is 11.2 Å². The van der Waals surface area contributed by atoms with Gasteiger partial charge in [0, 0.05) is 17.6 Å². The molecule has 0 bridgehead atoms. The van der Waals surface area contributed by atoms with E-state index in [0.717, 1.165) is 22.3 Å². The first-order valence-corrected chi connectivity index (χ1v) is 9.30. The Labute approximate surface area is 161 Å². The predicted molar refractivity (Wildman–Crippen MR) is 104 cm³/mol. The highest BCUT2D eigenvalue weighted by Gasteiger charge is 2.50. The molecule has 2 aliphatic heterocycles. The lowest BCUT2D eigenvalue weighted by molar-refractivity contribution is 0.0145. The lowest BCUT2D eigenvalue weighted by Crippen LogP contribution is -2.38. The summed E-state index contributed by atoms with van der Waals surface area (Å²) in [5, 5.41) is 5.76. The van der Waals surface area contributed by atoms with Crippen LogP contribution in [0.4, 0.5) is 0 Å². The predicted octanol–water partition coefficient (Wildman–Crippen LogP) is 2.98. The zero-order valence-electron chi connectivity index (χ0n) is 16.2. The van der Waals surface area contributed by atoms with Gasteiger partial charge in [-0.05, 0) is 26.8 Å². The van der Waals surface area contributed by atoms with Crippen molar-refractivity contribution in [3.63, 3.8) is 0 Å². The number of carbonyl (C=O) groups excluding carboxylic acids is 1. The number of pyridine rings is 1. The van der Waals surface area contributed by atoms with Crippen molar-refractivity contribution < 1.29 is 14.3 Å². The van der Waals surface area contributed by atoms with Gasteiger partial charge in [-0.25, -0.2) is 0 Å². The van der Waals surface area contributed by atoms with Crippen LogP contribution in [0.2, 0.25) is 0 Å². The second kappa shape index (κ2) is 5.54. The van der Waals surface area contributed by atoms with E-state index < -0.39 is 5.60 Å². The number of rotatable bonds is 2. The largest absolute Gasteiger partial charge is 0.494 e. The van der Waals surface area contributed by atoms with Gasteiger partial charge in [-0.2, -0.15) is 5.10 Å². The summed E-state index contributed by atoms with van der Waals surface area (Å²) in [7, 11) is 1.62. The minimum absolute atomic E-state index is 0.0445. The average Bonchev–Trinajstić information content (AvgIpc) is 3.19. The van der Waals surface area contributed by atoms with Crippen LogP contribution in [0.3, 0.4) is 0 Å². The number of nitrogens with zero attached hydrogens (tertiary/aromatic N) is 3. The Morgan fingerprint density at radius 1 is 1.36 bits per heavy atom. The molecule has 28 heavy (non-hydrogen) atoms. The highest BCUT2D eigenvalue weighted by atomic mass is 16.5. The number of methoxy groups -OCH3 is 1. The van der Waals surface area contributed by atoms with E-state index in [1.54, 1.807) is 19.4 Å². The molecule has 0 N–H and O–H groups in total. The van der Waals surface area contributed by atoms with E-state index in [1.807, 2.05) is 41.3 Å². The molecule has 7 heteroatoms. The molecule has 0 spiro atoms. The molecule has 7 nitrogen and oxygen atoms in total. The van der Waals surface area contributed by atoms with Gasteiger partial charge in [0.05, 0.1) is 48.4 Å². The highest BCUT2D eigenvalue weighted by Crippen LogP contribution is 2.50. The number of benzene rings is 1. The molecule has 0 aliphatic carbocycles. The minimum atomic E-state index is -0.470. The third kappa shape index (κ3) is 2.10. The molecule has 0 amide bonds.